The number of aliphatic hydroxyl groups is 1. The van der Waals surface area contributed by atoms with Gasteiger partial charge in [-0.2, -0.15) is 0 Å². The lowest BCUT2D eigenvalue weighted by Crippen LogP contribution is -2.56. The van der Waals surface area contributed by atoms with Crippen LogP contribution in [0.3, 0.4) is 0 Å². The molecule has 2 bridgehead atoms. The molecule has 2 N–H and O–H groups in total. The zero-order chi connectivity index (χ0) is 35.0. The molecule has 0 radical (unpaired) electrons. The third-order valence-electron chi connectivity index (χ3n) is 9.82. The van der Waals surface area contributed by atoms with Crippen LogP contribution in [0.4, 0.5) is 5.69 Å². The molecule has 11 heteroatoms. The number of aliphatic hydroxyl groups excluding tert-OH is 1. The first kappa shape index (κ1) is 36.3. The molecule has 3 aliphatic rings. The van der Waals surface area contributed by atoms with E-state index >= 15 is 0 Å². The number of carbonyl (C=O) groups excluding carboxylic acids is 4. The summed E-state index contributed by atoms with van der Waals surface area (Å²) in [6, 6.07) is 15.2. The molecule has 3 aliphatic heterocycles. The largest absolute Gasteiger partial charge is 0.455 e. The molecule has 3 fully saturated rings. The van der Waals surface area contributed by atoms with Crippen molar-refractivity contribution in [1.82, 2.24) is 10.2 Å². The monoisotopic (exact) mass is 691 g/mol. The Hall–Kier alpha value is -3.99. The molecule has 3 saturated heterocycles. The van der Waals surface area contributed by atoms with Crippen molar-refractivity contribution in [3.8, 4) is 0 Å². The lowest BCUT2D eigenvalue weighted by atomic mass is 9.70. The Morgan fingerprint density at radius 2 is 1.82 bits per heavy atom. The molecule has 10 nitrogen and oxygen atoms in total. The van der Waals surface area contributed by atoms with Crippen molar-refractivity contribution in [2.75, 3.05) is 31.1 Å². The second-order valence-corrected chi connectivity index (χ2v) is 13.3. The highest BCUT2D eigenvalue weighted by atomic mass is 35.5. The highest BCUT2D eigenvalue weighted by Crippen LogP contribution is 2.59. The van der Waals surface area contributed by atoms with Crippen molar-refractivity contribution in [3.63, 3.8) is 0 Å². The van der Waals surface area contributed by atoms with Crippen LogP contribution in [-0.2, 0) is 28.7 Å². The molecule has 2 aromatic carbocycles. The van der Waals surface area contributed by atoms with Crippen LogP contribution in [0.2, 0.25) is 5.02 Å². The van der Waals surface area contributed by atoms with E-state index in [1.807, 2.05) is 30.3 Å². The first-order chi connectivity index (χ1) is 23.8. The van der Waals surface area contributed by atoms with E-state index in [0.29, 0.717) is 54.9 Å². The molecule has 0 unspecified atom stereocenters. The van der Waals surface area contributed by atoms with Crippen LogP contribution in [0.25, 0.3) is 0 Å². The summed E-state index contributed by atoms with van der Waals surface area (Å²) in [5, 5.41) is 12.5. The Balaban J connectivity index is 1.45. The Labute approximate surface area is 293 Å². The van der Waals surface area contributed by atoms with Crippen LogP contribution in [0.15, 0.2) is 79.9 Å². The summed E-state index contributed by atoms with van der Waals surface area (Å²) in [5.41, 5.74) is -0.0301. The number of nitrogens with zero attached hydrogens (tertiary/aromatic N) is 2. The highest BCUT2D eigenvalue weighted by Gasteiger charge is 2.75. The van der Waals surface area contributed by atoms with E-state index in [1.165, 1.54) is 4.90 Å². The zero-order valence-electron chi connectivity index (χ0n) is 27.8. The molecular formula is C38H46ClN3O7. The van der Waals surface area contributed by atoms with Gasteiger partial charge in [-0.25, -0.2) is 0 Å². The molecule has 2 aromatic rings. The van der Waals surface area contributed by atoms with Gasteiger partial charge in [0.05, 0.1) is 35.2 Å². The van der Waals surface area contributed by atoms with E-state index < -0.39 is 41.7 Å². The maximum absolute atomic E-state index is 14.7. The van der Waals surface area contributed by atoms with Gasteiger partial charge in [0.25, 0.3) is 5.91 Å². The number of carbonyl (C=O) groups is 4. The van der Waals surface area contributed by atoms with Crippen LogP contribution in [0, 0.1) is 11.8 Å². The molecule has 262 valence electrons. The quantitative estimate of drug-likeness (QED) is 0.126. The van der Waals surface area contributed by atoms with Gasteiger partial charge in [-0.15, -0.1) is 13.2 Å². The zero-order valence-corrected chi connectivity index (χ0v) is 28.6. The second kappa shape index (κ2) is 16.6. The van der Waals surface area contributed by atoms with Crippen LogP contribution >= 0.6 is 11.6 Å². The number of likely N-dealkylation sites (tertiary alicyclic amines) is 1. The average Bonchev–Trinajstić information content (AvgIpc) is 3.75. The number of ether oxygens (including phenoxy) is 2. The number of unbranched alkanes of at least 4 members (excludes halogenated alkanes) is 3. The summed E-state index contributed by atoms with van der Waals surface area (Å²) < 4.78 is 12.8. The first-order valence-corrected chi connectivity index (χ1v) is 17.5. The minimum Gasteiger partial charge on any atom is -0.455 e. The Morgan fingerprint density at radius 3 is 2.53 bits per heavy atom. The van der Waals surface area contributed by atoms with Crippen LogP contribution in [0.5, 0.6) is 0 Å². The summed E-state index contributed by atoms with van der Waals surface area (Å²) >= 11 is 6.57. The Morgan fingerprint density at radius 1 is 1.08 bits per heavy atom. The third-order valence-corrected chi connectivity index (χ3v) is 10.1. The number of hydrogen-bond acceptors (Lipinski definition) is 7. The number of benzene rings is 2. The van der Waals surface area contributed by atoms with Crippen LogP contribution in [-0.4, -0.2) is 77.7 Å². The minimum absolute atomic E-state index is 0.0587. The van der Waals surface area contributed by atoms with E-state index in [1.54, 1.807) is 41.3 Å². The minimum atomic E-state index is -1.23. The van der Waals surface area contributed by atoms with E-state index in [-0.39, 0.29) is 43.8 Å². The molecule has 6 atom stereocenters. The number of fused-ring (bicyclic) bond motifs is 1. The lowest BCUT2D eigenvalue weighted by Gasteiger charge is -2.37. The standard InChI is InChI=1S/C38H46ClN3O7/c1-3-5-19-31(44)40-25-30(26-15-9-8-10-16-26)48-37(47)32-29-20-21-38(49-29)33(32)35(45)42(23-13-6-7-14-24-43)34(38)36(46)41(22-4-2)28-18-12-11-17-27(28)39/h3-4,8-12,15-18,29-30,32-34,43H,1-2,5-7,13-14,19-25H2,(H,40,44)/t29-,30-,32+,33+,34-,38+/m0/s1. The molecule has 3 amide bonds. The van der Waals surface area contributed by atoms with Crippen LogP contribution < -0.4 is 10.2 Å². The van der Waals surface area contributed by atoms with Gasteiger partial charge in [-0.3, -0.25) is 19.2 Å². The molecule has 0 aliphatic carbocycles. The average molecular weight is 692 g/mol. The van der Waals surface area contributed by atoms with Gasteiger partial charge in [-0.05, 0) is 49.8 Å². The second-order valence-electron chi connectivity index (χ2n) is 12.9. The number of anilines is 1. The number of rotatable bonds is 18. The maximum Gasteiger partial charge on any atom is 0.313 e. The van der Waals surface area contributed by atoms with Crippen molar-refractivity contribution < 1.29 is 33.8 Å². The third kappa shape index (κ3) is 7.61. The number of allylic oxidation sites excluding steroid dienone is 1. The molecule has 5 rings (SSSR count). The molecule has 0 saturated carbocycles. The Kier molecular flexibility index (Phi) is 12.3. The van der Waals surface area contributed by atoms with E-state index in [9.17, 15) is 24.3 Å². The summed E-state index contributed by atoms with van der Waals surface area (Å²) in [6.45, 7) is 8.12. The van der Waals surface area contributed by atoms with Gasteiger partial charge in [0.15, 0.2) is 0 Å². The number of halogens is 1. The molecule has 1 spiro atoms. The first-order valence-electron chi connectivity index (χ1n) is 17.2. The van der Waals surface area contributed by atoms with Crippen molar-refractivity contribution >= 4 is 41.0 Å². The van der Waals surface area contributed by atoms with Gasteiger partial charge in [0.1, 0.15) is 17.7 Å². The number of amides is 3. The molecule has 0 aromatic heterocycles. The number of nitrogens with one attached hydrogen (secondary N) is 1. The summed E-state index contributed by atoms with van der Waals surface area (Å²) in [4.78, 5) is 59.0. The number of esters is 1. The topological polar surface area (TPSA) is 125 Å². The predicted octanol–water partition coefficient (Wildman–Crippen LogP) is 5.15. The summed E-state index contributed by atoms with van der Waals surface area (Å²) in [6.07, 6.45) is 6.39. The smallest absolute Gasteiger partial charge is 0.313 e. The highest BCUT2D eigenvalue weighted by molar-refractivity contribution is 6.34. The maximum atomic E-state index is 14.7. The summed E-state index contributed by atoms with van der Waals surface area (Å²) in [5.74, 6) is -3.28. The van der Waals surface area contributed by atoms with Crippen molar-refractivity contribution in [2.24, 2.45) is 11.8 Å². The van der Waals surface area contributed by atoms with Gasteiger partial charge in [0, 0.05) is 26.1 Å². The SMILES string of the molecule is C=CCCC(=O)NC[C@H](OC(=O)[C@@H]1[C@@H]2CC[C@]3(O2)[C@H](C(=O)N(CC=C)c2ccccc2Cl)N(CCCCCCO)C(=O)[C@@H]13)c1ccccc1. The predicted molar refractivity (Wildman–Crippen MR) is 187 cm³/mol. The van der Waals surface area contributed by atoms with Crippen molar-refractivity contribution in [1.29, 1.82) is 0 Å². The van der Waals surface area contributed by atoms with Crippen molar-refractivity contribution in [3.05, 3.63) is 90.5 Å². The van der Waals surface area contributed by atoms with Crippen LogP contribution in [0.1, 0.15) is 63.0 Å². The summed E-state index contributed by atoms with van der Waals surface area (Å²) in [7, 11) is 0. The van der Waals surface area contributed by atoms with Gasteiger partial charge >= 0.3 is 5.97 Å². The van der Waals surface area contributed by atoms with E-state index in [2.05, 4.69) is 18.5 Å². The fourth-order valence-corrected chi connectivity index (χ4v) is 7.82. The lowest BCUT2D eigenvalue weighted by molar-refractivity contribution is -0.160. The van der Waals surface area contributed by atoms with Gasteiger partial charge < -0.3 is 29.7 Å². The Bertz CT molecular complexity index is 1520. The fourth-order valence-electron chi connectivity index (χ4n) is 7.58. The molecular weight excluding hydrogens is 646 g/mol. The van der Waals surface area contributed by atoms with E-state index in [4.69, 9.17) is 21.1 Å². The fraction of sp³-hybridized carbons (Fsp3) is 0.474. The van der Waals surface area contributed by atoms with Gasteiger partial charge in [-0.1, -0.05) is 79.1 Å². The van der Waals surface area contributed by atoms with Crippen molar-refractivity contribution in [2.45, 2.75) is 75.2 Å². The van der Waals surface area contributed by atoms with E-state index in [0.717, 1.165) is 12.8 Å². The molecule has 3 heterocycles. The normalized spacial score (nSPS) is 24.3. The molecule has 49 heavy (non-hydrogen) atoms. The number of para-hydroxylation sites is 1. The number of hydrogen-bond donors (Lipinski definition) is 2. The van der Waals surface area contributed by atoms with Gasteiger partial charge in [0.2, 0.25) is 11.8 Å².